The van der Waals surface area contributed by atoms with Gasteiger partial charge in [0, 0.05) is 6.61 Å². The van der Waals surface area contributed by atoms with E-state index in [9.17, 15) is 4.79 Å². The maximum Gasteiger partial charge on any atom is 0.153 e. The van der Waals surface area contributed by atoms with Crippen molar-refractivity contribution in [2.75, 3.05) is 19.8 Å². The van der Waals surface area contributed by atoms with Gasteiger partial charge in [-0.1, -0.05) is 39.8 Å². The van der Waals surface area contributed by atoms with Gasteiger partial charge in [-0.15, -0.1) is 6.58 Å². The molecule has 0 heterocycles. The molecule has 0 atom stereocenters. The van der Waals surface area contributed by atoms with E-state index >= 15 is 0 Å². The molecule has 1 aromatic carbocycles. The molecule has 0 radical (unpaired) electrons. The fraction of sp³-hybridized carbons (Fsp3) is 0.550. The summed E-state index contributed by atoms with van der Waals surface area (Å²) in [5.74, 6) is 0.663. The van der Waals surface area contributed by atoms with Crippen LogP contribution in [0, 0.1) is 0 Å². The number of benzene rings is 1. The van der Waals surface area contributed by atoms with Crippen LogP contribution in [0.15, 0.2) is 24.8 Å². The number of rotatable bonds is 11. The molecule has 0 N–H and O–H groups in total. The molecule has 3 heteroatoms. The monoisotopic (exact) mass is 318 g/mol. The molecule has 0 bridgehead atoms. The molecule has 0 spiro atoms. The highest BCUT2D eigenvalue weighted by molar-refractivity contribution is 5.81. The van der Waals surface area contributed by atoms with Gasteiger partial charge in [-0.05, 0) is 41.9 Å². The Morgan fingerprint density at radius 3 is 2.48 bits per heavy atom. The summed E-state index contributed by atoms with van der Waals surface area (Å²) in [6, 6.07) is 4.09. The molecule has 1 rings (SSSR count). The summed E-state index contributed by atoms with van der Waals surface area (Å²) in [7, 11) is 0. The Morgan fingerprint density at radius 1 is 1.17 bits per heavy atom. The van der Waals surface area contributed by atoms with Crippen molar-refractivity contribution in [1.29, 1.82) is 0 Å². The second-order valence-electron chi connectivity index (χ2n) is 6.36. The van der Waals surface area contributed by atoms with Gasteiger partial charge in [0.1, 0.15) is 12.4 Å². The van der Waals surface area contributed by atoms with Crippen molar-refractivity contribution in [3.63, 3.8) is 0 Å². The third-order valence-electron chi connectivity index (χ3n) is 4.17. The van der Waals surface area contributed by atoms with Crippen molar-refractivity contribution < 1.29 is 14.3 Å². The number of carbonyl (C=O) groups excluding carboxylic acids is 1. The molecule has 0 fully saturated rings. The van der Waals surface area contributed by atoms with Gasteiger partial charge in [0.25, 0.3) is 0 Å². The van der Waals surface area contributed by atoms with Crippen molar-refractivity contribution >= 4 is 6.29 Å². The number of carbonyl (C=O) groups is 1. The topological polar surface area (TPSA) is 35.5 Å². The Bertz CT molecular complexity index is 518. The minimum Gasteiger partial charge on any atom is -0.490 e. The first kappa shape index (κ1) is 19.4. The van der Waals surface area contributed by atoms with E-state index in [2.05, 4.69) is 40.3 Å². The molecule has 0 saturated carbocycles. The predicted octanol–water partition coefficient (Wildman–Crippen LogP) is 4.72. The highest BCUT2D eigenvalue weighted by atomic mass is 16.5. The molecule has 0 aliphatic heterocycles. The average molecular weight is 318 g/mol. The molecule has 1 aromatic rings. The summed E-state index contributed by atoms with van der Waals surface area (Å²) < 4.78 is 11.3. The average Bonchev–Trinajstić information content (AvgIpc) is 2.55. The standard InChI is InChI=1S/C20H30O3/c1-6-9-16-13-18(20(4,5)8-3)14-17(15-21)19(16)23-12-11-22-10-7-2/h6,13-15H,1,7-12H2,2-5H3. The Labute approximate surface area is 140 Å². The van der Waals surface area contributed by atoms with E-state index < -0.39 is 0 Å². The second kappa shape index (κ2) is 9.51. The van der Waals surface area contributed by atoms with Crippen LogP contribution in [0.1, 0.15) is 62.0 Å². The van der Waals surface area contributed by atoms with Crippen molar-refractivity contribution in [2.24, 2.45) is 0 Å². The van der Waals surface area contributed by atoms with Crippen LogP contribution in [0.2, 0.25) is 0 Å². The first-order chi connectivity index (χ1) is 11.0. The van der Waals surface area contributed by atoms with Gasteiger partial charge in [0.05, 0.1) is 12.2 Å². The Balaban J connectivity index is 3.07. The Hall–Kier alpha value is -1.61. The van der Waals surface area contributed by atoms with E-state index in [1.54, 1.807) is 0 Å². The van der Waals surface area contributed by atoms with Crippen molar-refractivity contribution in [3.8, 4) is 5.75 Å². The summed E-state index contributed by atoms with van der Waals surface area (Å²) in [6.07, 6.45) is 5.39. The summed E-state index contributed by atoms with van der Waals surface area (Å²) in [4.78, 5) is 11.5. The van der Waals surface area contributed by atoms with Gasteiger partial charge in [0.2, 0.25) is 0 Å². The van der Waals surface area contributed by atoms with Crippen LogP contribution >= 0.6 is 0 Å². The summed E-state index contributed by atoms with van der Waals surface area (Å²) in [6.45, 7) is 14.1. The third-order valence-corrected chi connectivity index (χ3v) is 4.17. The fourth-order valence-electron chi connectivity index (χ4n) is 2.33. The zero-order chi connectivity index (χ0) is 17.3. The molecule has 0 saturated heterocycles. The van der Waals surface area contributed by atoms with Crippen LogP contribution < -0.4 is 4.74 Å². The van der Waals surface area contributed by atoms with Gasteiger partial charge in [-0.3, -0.25) is 4.79 Å². The zero-order valence-electron chi connectivity index (χ0n) is 15.0. The van der Waals surface area contributed by atoms with Crippen LogP contribution in [-0.4, -0.2) is 26.1 Å². The molecule has 23 heavy (non-hydrogen) atoms. The molecular weight excluding hydrogens is 288 g/mol. The first-order valence-corrected chi connectivity index (χ1v) is 8.44. The third kappa shape index (κ3) is 5.51. The molecular formula is C20H30O3. The predicted molar refractivity (Wildman–Crippen MR) is 95.7 cm³/mol. The van der Waals surface area contributed by atoms with Gasteiger partial charge in [-0.25, -0.2) is 0 Å². The van der Waals surface area contributed by atoms with Crippen molar-refractivity contribution in [3.05, 3.63) is 41.5 Å². The number of aldehydes is 1. The summed E-state index contributed by atoms with van der Waals surface area (Å²) >= 11 is 0. The van der Waals surface area contributed by atoms with Gasteiger partial charge >= 0.3 is 0 Å². The molecule has 0 amide bonds. The normalized spacial score (nSPS) is 11.3. The zero-order valence-corrected chi connectivity index (χ0v) is 15.0. The second-order valence-corrected chi connectivity index (χ2v) is 6.36. The van der Waals surface area contributed by atoms with E-state index in [-0.39, 0.29) is 5.41 Å². The minimum atomic E-state index is 0.0243. The summed E-state index contributed by atoms with van der Waals surface area (Å²) in [5, 5.41) is 0. The van der Waals surface area contributed by atoms with Crippen LogP contribution in [0.5, 0.6) is 5.75 Å². The number of ether oxygens (including phenoxy) is 2. The van der Waals surface area contributed by atoms with Crippen LogP contribution in [0.25, 0.3) is 0 Å². The van der Waals surface area contributed by atoms with E-state index in [1.165, 1.54) is 0 Å². The molecule has 0 aliphatic carbocycles. The van der Waals surface area contributed by atoms with E-state index in [0.29, 0.717) is 30.9 Å². The number of hydrogen-bond donors (Lipinski definition) is 0. The first-order valence-electron chi connectivity index (χ1n) is 8.44. The number of allylic oxidation sites excluding steroid dienone is 1. The quantitative estimate of drug-likeness (QED) is 0.336. The largest absolute Gasteiger partial charge is 0.490 e. The highest BCUT2D eigenvalue weighted by Gasteiger charge is 2.22. The highest BCUT2D eigenvalue weighted by Crippen LogP contribution is 2.33. The summed E-state index contributed by atoms with van der Waals surface area (Å²) in [5.41, 5.74) is 2.80. The van der Waals surface area contributed by atoms with Crippen LogP contribution in [0.4, 0.5) is 0 Å². The van der Waals surface area contributed by atoms with Crippen molar-refractivity contribution in [2.45, 2.75) is 52.4 Å². The Kier molecular flexibility index (Phi) is 8.04. The van der Waals surface area contributed by atoms with Crippen LogP contribution in [0.3, 0.4) is 0 Å². The molecule has 3 nitrogen and oxygen atoms in total. The lowest BCUT2D eigenvalue weighted by Gasteiger charge is -2.25. The van der Waals surface area contributed by atoms with Crippen molar-refractivity contribution in [1.82, 2.24) is 0 Å². The Morgan fingerprint density at radius 2 is 1.91 bits per heavy atom. The SMILES string of the molecule is C=CCc1cc(C(C)(C)CC)cc(C=O)c1OCCOCCC. The van der Waals surface area contributed by atoms with Gasteiger partial charge in [-0.2, -0.15) is 0 Å². The molecule has 128 valence electrons. The molecule has 0 aromatic heterocycles. The lowest BCUT2D eigenvalue weighted by Crippen LogP contribution is -2.17. The van der Waals surface area contributed by atoms with E-state index in [4.69, 9.17) is 9.47 Å². The molecule has 0 unspecified atom stereocenters. The lowest BCUT2D eigenvalue weighted by molar-refractivity contribution is 0.0988. The van der Waals surface area contributed by atoms with Crippen LogP contribution in [-0.2, 0) is 16.6 Å². The lowest BCUT2D eigenvalue weighted by atomic mass is 9.80. The van der Waals surface area contributed by atoms with Gasteiger partial charge in [0.15, 0.2) is 6.29 Å². The minimum absolute atomic E-state index is 0.0243. The maximum atomic E-state index is 11.5. The van der Waals surface area contributed by atoms with Gasteiger partial charge < -0.3 is 9.47 Å². The molecule has 0 aliphatic rings. The number of hydrogen-bond acceptors (Lipinski definition) is 3. The smallest absolute Gasteiger partial charge is 0.153 e. The maximum absolute atomic E-state index is 11.5. The van der Waals surface area contributed by atoms with E-state index in [0.717, 1.165) is 36.9 Å². The van der Waals surface area contributed by atoms with E-state index in [1.807, 2.05) is 12.1 Å². The fourth-order valence-corrected chi connectivity index (χ4v) is 2.33.